The molecule has 0 unspecified atom stereocenters. The highest BCUT2D eigenvalue weighted by molar-refractivity contribution is 7.80. The zero-order valence-corrected chi connectivity index (χ0v) is 19.7. The molecule has 1 saturated heterocycles. The second-order valence-corrected chi connectivity index (χ2v) is 9.45. The Labute approximate surface area is 199 Å². The highest BCUT2D eigenvalue weighted by Gasteiger charge is 2.30. The largest absolute Gasteiger partial charge is 0.627 e. The fraction of sp³-hybridized carbons (Fsp3) is 0.435. The first-order valence-corrected chi connectivity index (χ1v) is 11.9. The lowest BCUT2D eigenvalue weighted by molar-refractivity contribution is 0.164. The summed E-state index contributed by atoms with van der Waals surface area (Å²) in [6, 6.07) is 11.5. The maximum absolute atomic E-state index is 13.2. The molecule has 8 heteroatoms. The van der Waals surface area contributed by atoms with Crippen molar-refractivity contribution in [2.24, 2.45) is 0 Å². The van der Waals surface area contributed by atoms with Gasteiger partial charge in [0.25, 0.3) is 0 Å². The molecule has 2 heterocycles. The molecule has 0 atom stereocenters. The molecule has 2 aromatic carbocycles. The fourth-order valence-corrected chi connectivity index (χ4v) is 4.83. The van der Waals surface area contributed by atoms with Crippen molar-refractivity contribution in [2.45, 2.75) is 25.7 Å². The lowest BCUT2D eigenvalue weighted by atomic mass is 10.0. The number of aryl methyl sites for hydroxylation is 1. The summed E-state index contributed by atoms with van der Waals surface area (Å²) in [5.74, 6) is 0.876. The minimum absolute atomic E-state index is 0.379. The van der Waals surface area contributed by atoms with Crippen molar-refractivity contribution in [1.29, 1.82) is 0 Å². The van der Waals surface area contributed by atoms with E-state index < -0.39 is 4.65 Å². The lowest BCUT2D eigenvalue weighted by Crippen LogP contribution is -2.57. The number of nitrogens with zero attached hydrogens (tertiary/aromatic N) is 2. The van der Waals surface area contributed by atoms with Crippen LogP contribution in [0.1, 0.15) is 24.8 Å². The SMILES string of the molecule is [O-][N+]1(c2cccc(Cl)c2Cl)CCN(CCCCOc2ccc3c(c2)NC(=S)CC3)CC1. The van der Waals surface area contributed by atoms with Gasteiger partial charge in [-0.2, -0.15) is 0 Å². The number of anilines is 1. The first kappa shape index (κ1) is 22.8. The first-order valence-electron chi connectivity index (χ1n) is 10.8. The van der Waals surface area contributed by atoms with Gasteiger partial charge < -0.3 is 19.9 Å². The summed E-state index contributed by atoms with van der Waals surface area (Å²) < 4.78 is 5.52. The van der Waals surface area contributed by atoms with Gasteiger partial charge in [0.05, 0.1) is 29.7 Å². The predicted octanol–water partition coefficient (Wildman–Crippen LogP) is 5.66. The second kappa shape index (κ2) is 10.0. The average molecular weight is 480 g/mol. The van der Waals surface area contributed by atoms with Gasteiger partial charge in [0.2, 0.25) is 0 Å². The smallest absolute Gasteiger partial charge is 0.153 e. The topological polar surface area (TPSA) is 47.6 Å². The summed E-state index contributed by atoms with van der Waals surface area (Å²) in [6.45, 7) is 4.12. The fourth-order valence-electron chi connectivity index (χ4n) is 4.17. The van der Waals surface area contributed by atoms with Crippen LogP contribution in [-0.2, 0) is 6.42 Å². The minimum atomic E-state index is -0.408. The molecule has 0 spiro atoms. The third-order valence-corrected chi connectivity index (χ3v) is 7.15. The summed E-state index contributed by atoms with van der Waals surface area (Å²) in [5.41, 5.74) is 2.93. The van der Waals surface area contributed by atoms with Gasteiger partial charge in [-0.05, 0) is 43.5 Å². The number of thiocarbonyl (C=S) groups is 1. The van der Waals surface area contributed by atoms with Crippen LogP contribution in [0.25, 0.3) is 0 Å². The number of hydrogen-bond donors (Lipinski definition) is 1. The summed E-state index contributed by atoms with van der Waals surface area (Å²) in [5, 5.41) is 17.3. The van der Waals surface area contributed by atoms with E-state index >= 15 is 0 Å². The molecule has 1 fully saturated rings. The van der Waals surface area contributed by atoms with Crippen LogP contribution in [0.5, 0.6) is 5.75 Å². The zero-order valence-electron chi connectivity index (χ0n) is 17.4. The average Bonchev–Trinajstić information content (AvgIpc) is 2.76. The van der Waals surface area contributed by atoms with Crippen LogP contribution in [0.2, 0.25) is 10.0 Å². The van der Waals surface area contributed by atoms with E-state index in [1.807, 2.05) is 12.1 Å². The molecule has 0 aliphatic carbocycles. The van der Waals surface area contributed by atoms with Crippen molar-refractivity contribution in [3.63, 3.8) is 0 Å². The van der Waals surface area contributed by atoms with Gasteiger partial charge in [-0.1, -0.05) is 47.6 Å². The summed E-state index contributed by atoms with van der Waals surface area (Å²) >= 11 is 17.7. The number of ether oxygens (including phenoxy) is 1. The van der Waals surface area contributed by atoms with E-state index in [1.54, 1.807) is 18.2 Å². The van der Waals surface area contributed by atoms with Crippen molar-refractivity contribution in [3.8, 4) is 5.75 Å². The number of unbranched alkanes of at least 4 members (excludes halogenated alkanes) is 1. The van der Waals surface area contributed by atoms with E-state index in [-0.39, 0.29) is 0 Å². The lowest BCUT2D eigenvalue weighted by Gasteiger charge is -2.48. The van der Waals surface area contributed by atoms with Crippen LogP contribution < -0.4 is 14.7 Å². The number of benzene rings is 2. The van der Waals surface area contributed by atoms with Crippen molar-refractivity contribution >= 4 is 51.8 Å². The standard InChI is InChI=1S/C23H27Cl2N3O2S/c24-19-4-3-5-21(23(19)25)28(29)13-11-27(12-14-28)10-1-2-15-30-18-8-6-17-7-9-22(31)26-20(17)16-18/h3-6,8,16H,1-2,7,9-15H2,(H,26,31). The Morgan fingerprint density at radius 1 is 1.10 bits per heavy atom. The Morgan fingerprint density at radius 2 is 1.90 bits per heavy atom. The zero-order chi connectivity index (χ0) is 21.8. The normalized spacial score (nSPS) is 18.4. The molecule has 4 rings (SSSR count). The molecule has 0 amide bonds. The number of rotatable bonds is 7. The summed E-state index contributed by atoms with van der Waals surface area (Å²) in [4.78, 5) is 3.24. The molecule has 166 valence electrons. The predicted molar refractivity (Wildman–Crippen MR) is 134 cm³/mol. The maximum Gasteiger partial charge on any atom is 0.153 e. The van der Waals surface area contributed by atoms with E-state index in [1.165, 1.54) is 5.56 Å². The van der Waals surface area contributed by atoms with Crippen LogP contribution in [0.15, 0.2) is 36.4 Å². The van der Waals surface area contributed by atoms with Crippen LogP contribution >= 0.6 is 35.4 Å². The number of hydrogen-bond acceptors (Lipinski definition) is 4. The number of piperazine rings is 1. The van der Waals surface area contributed by atoms with E-state index in [0.29, 0.717) is 35.4 Å². The Morgan fingerprint density at radius 3 is 2.71 bits per heavy atom. The van der Waals surface area contributed by atoms with Crippen LogP contribution in [0.3, 0.4) is 0 Å². The maximum atomic E-state index is 13.2. The van der Waals surface area contributed by atoms with E-state index in [2.05, 4.69) is 16.3 Å². The monoisotopic (exact) mass is 479 g/mol. The molecule has 0 saturated carbocycles. The molecule has 5 nitrogen and oxygen atoms in total. The minimum Gasteiger partial charge on any atom is -0.627 e. The molecular formula is C23H27Cl2N3O2S. The van der Waals surface area contributed by atoms with Gasteiger partial charge in [0, 0.05) is 37.3 Å². The molecule has 0 aromatic heterocycles. The second-order valence-electron chi connectivity index (χ2n) is 8.17. The molecule has 1 N–H and O–H groups in total. The van der Waals surface area contributed by atoms with Crippen LogP contribution in [0, 0.1) is 5.21 Å². The molecule has 31 heavy (non-hydrogen) atoms. The Balaban J connectivity index is 1.18. The van der Waals surface area contributed by atoms with Gasteiger partial charge in [-0.15, -0.1) is 0 Å². The van der Waals surface area contributed by atoms with E-state index in [9.17, 15) is 5.21 Å². The van der Waals surface area contributed by atoms with Crippen molar-refractivity contribution < 1.29 is 4.74 Å². The van der Waals surface area contributed by atoms with Crippen molar-refractivity contribution in [1.82, 2.24) is 9.55 Å². The molecular weight excluding hydrogens is 453 g/mol. The number of halogens is 2. The number of quaternary nitrogens is 1. The van der Waals surface area contributed by atoms with Crippen molar-refractivity contribution in [2.75, 3.05) is 44.6 Å². The summed E-state index contributed by atoms with van der Waals surface area (Å²) in [7, 11) is 0. The Hall–Kier alpha value is -1.41. The van der Waals surface area contributed by atoms with E-state index in [4.69, 9.17) is 40.2 Å². The van der Waals surface area contributed by atoms with Crippen LogP contribution in [0.4, 0.5) is 11.4 Å². The summed E-state index contributed by atoms with van der Waals surface area (Å²) in [6.07, 6.45) is 3.91. The molecule has 0 bridgehead atoms. The van der Waals surface area contributed by atoms with Gasteiger partial charge in [-0.3, -0.25) is 4.90 Å². The van der Waals surface area contributed by atoms with Gasteiger partial charge in [0.15, 0.2) is 5.69 Å². The van der Waals surface area contributed by atoms with Crippen molar-refractivity contribution in [3.05, 3.63) is 57.2 Å². The molecule has 2 aromatic rings. The molecule has 0 radical (unpaired) electrons. The number of fused-ring (bicyclic) bond motifs is 1. The van der Waals surface area contributed by atoms with E-state index in [0.717, 1.165) is 61.7 Å². The third kappa shape index (κ3) is 5.51. The quantitative estimate of drug-likeness (QED) is 0.240. The highest BCUT2D eigenvalue weighted by Crippen LogP contribution is 2.36. The molecule has 2 aliphatic rings. The number of nitrogens with one attached hydrogen (secondary N) is 1. The third-order valence-electron chi connectivity index (χ3n) is 6.04. The molecule has 2 aliphatic heterocycles. The highest BCUT2D eigenvalue weighted by atomic mass is 35.5. The Bertz CT molecular complexity index is 948. The first-order chi connectivity index (χ1) is 14.9. The number of hydroxylamine groups is 2. The Kier molecular flexibility index (Phi) is 7.37. The van der Waals surface area contributed by atoms with Gasteiger partial charge in [0.1, 0.15) is 10.8 Å². The van der Waals surface area contributed by atoms with Gasteiger partial charge in [-0.25, -0.2) is 0 Å². The van der Waals surface area contributed by atoms with Crippen LogP contribution in [-0.4, -0.2) is 49.2 Å². The van der Waals surface area contributed by atoms with Gasteiger partial charge >= 0.3 is 0 Å².